The van der Waals surface area contributed by atoms with E-state index in [1.165, 1.54) is 25.0 Å². The van der Waals surface area contributed by atoms with Gasteiger partial charge in [0.25, 0.3) is 0 Å². The van der Waals surface area contributed by atoms with Crippen LogP contribution in [0, 0.1) is 5.92 Å². The first-order valence-corrected chi connectivity index (χ1v) is 8.99. The standard InChI is InChI=1S/C21H24F3NO/c1-20(17-5-3-2-4-6-17,13-14-25-15-16-7-8-16)26-19-11-9-18(10-12-19)21(22,23)24/h2-6,9-12,16,25H,7-8,13-15H2,1H3. The minimum atomic E-state index is -4.34. The van der Waals surface area contributed by atoms with Crippen molar-refractivity contribution in [2.24, 2.45) is 5.92 Å². The number of rotatable bonds is 8. The topological polar surface area (TPSA) is 21.3 Å². The molecule has 0 heterocycles. The van der Waals surface area contributed by atoms with Crippen molar-refractivity contribution in [1.29, 1.82) is 0 Å². The summed E-state index contributed by atoms with van der Waals surface area (Å²) in [4.78, 5) is 0. The summed E-state index contributed by atoms with van der Waals surface area (Å²) in [5.74, 6) is 1.24. The Morgan fingerprint density at radius 2 is 1.62 bits per heavy atom. The lowest BCUT2D eigenvalue weighted by Crippen LogP contribution is -2.34. The van der Waals surface area contributed by atoms with Gasteiger partial charge in [0, 0.05) is 6.42 Å². The molecular formula is C21H24F3NO. The van der Waals surface area contributed by atoms with Gasteiger partial charge in [0.05, 0.1) is 5.56 Å². The molecule has 140 valence electrons. The van der Waals surface area contributed by atoms with Crippen molar-refractivity contribution in [3.05, 3.63) is 65.7 Å². The number of hydrogen-bond donors (Lipinski definition) is 1. The number of nitrogens with one attached hydrogen (secondary N) is 1. The second kappa shape index (κ2) is 7.70. The first-order valence-electron chi connectivity index (χ1n) is 8.99. The molecule has 1 fully saturated rings. The molecule has 26 heavy (non-hydrogen) atoms. The van der Waals surface area contributed by atoms with Crippen LogP contribution < -0.4 is 10.1 Å². The van der Waals surface area contributed by atoms with Crippen molar-refractivity contribution in [2.45, 2.75) is 38.0 Å². The van der Waals surface area contributed by atoms with Gasteiger partial charge < -0.3 is 10.1 Å². The summed E-state index contributed by atoms with van der Waals surface area (Å²) >= 11 is 0. The van der Waals surface area contributed by atoms with Crippen molar-refractivity contribution >= 4 is 0 Å². The summed E-state index contributed by atoms with van der Waals surface area (Å²) in [6.07, 6.45) is -1.02. The molecule has 0 radical (unpaired) electrons. The van der Waals surface area contributed by atoms with Crippen LogP contribution in [0.3, 0.4) is 0 Å². The van der Waals surface area contributed by atoms with Crippen molar-refractivity contribution in [3.63, 3.8) is 0 Å². The fourth-order valence-electron chi connectivity index (χ4n) is 2.97. The minimum Gasteiger partial charge on any atom is -0.483 e. The molecular weight excluding hydrogens is 339 g/mol. The van der Waals surface area contributed by atoms with E-state index in [1.54, 1.807) is 0 Å². The average molecular weight is 363 g/mol. The predicted octanol–water partition coefficient (Wildman–Crippen LogP) is 5.39. The normalized spacial score (nSPS) is 16.9. The molecule has 1 saturated carbocycles. The van der Waals surface area contributed by atoms with Gasteiger partial charge in [-0.1, -0.05) is 30.3 Å². The fourth-order valence-corrected chi connectivity index (χ4v) is 2.97. The second-order valence-electron chi connectivity index (χ2n) is 7.12. The second-order valence-corrected chi connectivity index (χ2v) is 7.12. The zero-order valence-corrected chi connectivity index (χ0v) is 14.9. The highest BCUT2D eigenvalue weighted by molar-refractivity contribution is 5.31. The van der Waals surface area contributed by atoms with E-state index in [9.17, 15) is 13.2 Å². The van der Waals surface area contributed by atoms with E-state index in [1.807, 2.05) is 37.3 Å². The summed E-state index contributed by atoms with van der Waals surface area (Å²) in [6, 6.07) is 14.7. The van der Waals surface area contributed by atoms with Gasteiger partial charge in [-0.05, 0) is 68.6 Å². The molecule has 0 saturated heterocycles. The van der Waals surface area contributed by atoms with Gasteiger partial charge in [0.15, 0.2) is 0 Å². The Balaban J connectivity index is 1.72. The molecule has 0 aliphatic heterocycles. The van der Waals surface area contributed by atoms with Crippen LogP contribution in [0.5, 0.6) is 5.75 Å². The molecule has 2 aromatic carbocycles. The highest BCUT2D eigenvalue weighted by atomic mass is 19.4. The Morgan fingerprint density at radius 1 is 0.962 bits per heavy atom. The Bertz CT molecular complexity index is 695. The van der Waals surface area contributed by atoms with Crippen molar-refractivity contribution in [1.82, 2.24) is 5.32 Å². The summed E-state index contributed by atoms with van der Waals surface area (Å²) < 4.78 is 44.4. The van der Waals surface area contributed by atoms with Gasteiger partial charge in [0.1, 0.15) is 11.4 Å². The van der Waals surface area contributed by atoms with Crippen molar-refractivity contribution in [3.8, 4) is 5.75 Å². The van der Waals surface area contributed by atoms with Gasteiger partial charge in [-0.2, -0.15) is 13.2 Å². The van der Waals surface area contributed by atoms with E-state index in [0.717, 1.165) is 43.1 Å². The van der Waals surface area contributed by atoms with E-state index < -0.39 is 17.3 Å². The lowest BCUT2D eigenvalue weighted by atomic mass is 9.92. The van der Waals surface area contributed by atoms with Crippen LogP contribution in [0.4, 0.5) is 13.2 Å². The quantitative estimate of drug-likeness (QED) is 0.635. The zero-order valence-electron chi connectivity index (χ0n) is 14.9. The van der Waals surface area contributed by atoms with Crippen LogP contribution in [-0.2, 0) is 11.8 Å². The molecule has 1 aliphatic carbocycles. The van der Waals surface area contributed by atoms with Gasteiger partial charge in [-0.25, -0.2) is 0 Å². The molecule has 2 aromatic rings. The molecule has 1 atom stereocenters. The lowest BCUT2D eigenvalue weighted by molar-refractivity contribution is -0.137. The summed E-state index contributed by atoms with van der Waals surface area (Å²) in [7, 11) is 0. The molecule has 2 nitrogen and oxygen atoms in total. The van der Waals surface area contributed by atoms with E-state index in [2.05, 4.69) is 5.32 Å². The van der Waals surface area contributed by atoms with Crippen LogP contribution >= 0.6 is 0 Å². The van der Waals surface area contributed by atoms with Crippen molar-refractivity contribution < 1.29 is 17.9 Å². The average Bonchev–Trinajstić information content (AvgIpc) is 3.44. The number of benzene rings is 2. The third-order valence-electron chi connectivity index (χ3n) is 4.82. The highest BCUT2D eigenvalue weighted by Crippen LogP contribution is 2.34. The highest BCUT2D eigenvalue weighted by Gasteiger charge is 2.32. The maximum Gasteiger partial charge on any atom is 0.416 e. The Kier molecular flexibility index (Phi) is 5.56. The van der Waals surface area contributed by atoms with E-state index in [4.69, 9.17) is 4.74 Å². The summed E-state index contributed by atoms with van der Waals surface area (Å²) in [5.41, 5.74) is -0.275. The van der Waals surface area contributed by atoms with Gasteiger partial charge in [0.2, 0.25) is 0 Å². The Labute approximate surface area is 152 Å². The number of halogens is 3. The Morgan fingerprint density at radius 3 is 2.19 bits per heavy atom. The fraction of sp³-hybridized carbons (Fsp3) is 0.429. The van der Waals surface area contributed by atoms with Crippen LogP contribution in [0.2, 0.25) is 0 Å². The zero-order chi connectivity index (χ0) is 18.6. The smallest absolute Gasteiger partial charge is 0.416 e. The molecule has 1 N–H and O–H groups in total. The first-order chi connectivity index (χ1) is 12.4. The third-order valence-corrected chi connectivity index (χ3v) is 4.82. The van der Waals surface area contributed by atoms with E-state index in [0.29, 0.717) is 5.75 Å². The van der Waals surface area contributed by atoms with Crippen LogP contribution in [-0.4, -0.2) is 13.1 Å². The van der Waals surface area contributed by atoms with Gasteiger partial charge in [-0.3, -0.25) is 0 Å². The number of alkyl halides is 3. The van der Waals surface area contributed by atoms with Gasteiger partial charge in [-0.15, -0.1) is 0 Å². The molecule has 1 aliphatic rings. The molecule has 0 bridgehead atoms. The maximum atomic E-state index is 12.7. The predicted molar refractivity (Wildman–Crippen MR) is 96.1 cm³/mol. The van der Waals surface area contributed by atoms with Crippen LogP contribution in [0.25, 0.3) is 0 Å². The third kappa shape index (κ3) is 5.01. The van der Waals surface area contributed by atoms with Crippen LogP contribution in [0.15, 0.2) is 54.6 Å². The monoisotopic (exact) mass is 363 g/mol. The minimum absolute atomic E-state index is 0.437. The summed E-state index contributed by atoms with van der Waals surface area (Å²) in [6.45, 7) is 3.80. The largest absolute Gasteiger partial charge is 0.483 e. The van der Waals surface area contributed by atoms with Crippen LogP contribution in [0.1, 0.15) is 37.3 Å². The maximum absolute atomic E-state index is 12.7. The molecule has 5 heteroatoms. The van der Waals surface area contributed by atoms with E-state index >= 15 is 0 Å². The number of hydrogen-bond acceptors (Lipinski definition) is 2. The molecule has 1 unspecified atom stereocenters. The Hall–Kier alpha value is -2.01. The lowest BCUT2D eigenvalue weighted by Gasteiger charge is -2.32. The number of ether oxygens (including phenoxy) is 1. The summed E-state index contributed by atoms with van der Waals surface area (Å²) in [5, 5.41) is 3.46. The molecule has 0 amide bonds. The molecule has 0 spiro atoms. The first kappa shape index (κ1) is 18.8. The molecule has 3 rings (SSSR count). The van der Waals surface area contributed by atoms with Crippen molar-refractivity contribution in [2.75, 3.05) is 13.1 Å². The van der Waals surface area contributed by atoms with E-state index in [-0.39, 0.29) is 0 Å². The molecule has 0 aromatic heterocycles. The SMILES string of the molecule is CC(CCNCC1CC1)(Oc1ccc(C(F)(F)F)cc1)c1ccccc1. The van der Waals surface area contributed by atoms with Gasteiger partial charge >= 0.3 is 6.18 Å².